The summed E-state index contributed by atoms with van der Waals surface area (Å²) in [6, 6.07) is 1.50. The summed E-state index contributed by atoms with van der Waals surface area (Å²) < 4.78 is 72.9. The third kappa shape index (κ3) is 2.98. The Bertz CT molecular complexity index is 443. The van der Waals surface area contributed by atoms with Gasteiger partial charge in [-0.2, -0.15) is 26.3 Å². The van der Waals surface area contributed by atoms with Gasteiger partial charge in [-0.15, -0.1) is 0 Å². The standard InChI is InChI=1S/C10H6F6O/c1-5-4-6(9(11,12)13)2-3-7(5)8(17)10(14,15)16/h2-4H,1H3. The summed E-state index contributed by atoms with van der Waals surface area (Å²) >= 11 is 0. The number of ketones is 1. The summed E-state index contributed by atoms with van der Waals surface area (Å²) in [5, 5.41) is 0. The van der Waals surface area contributed by atoms with Crippen molar-refractivity contribution >= 4 is 5.78 Å². The molecule has 0 bridgehead atoms. The zero-order valence-electron chi connectivity index (χ0n) is 8.41. The van der Waals surface area contributed by atoms with Crippen LogP contribution in [0, 0.1) is 6.92 Å². The number of rotatable bonds is 1. The molecule has 94 valence electrons. The maximum atomic E-state index is 12.2. The molecule has 0 aliphatic carbocycles. The van der Waals surface area contributed by atoms with Crippen molar-refractivity contribution < 1.29 is 31.1 Å². The molecule has 0 fully saturated rings. The quantitative estimate of drug-likeness (QED) is 0.552. The smallest absolute Gasteiger partial charge is 0.284 e. The molecule has 0 aliphatic heterocycles. The number of hydrogen-bond acceptors (Lipinski definition) is 1. The first-order valence-electron chi connectivity index (χ1n) is 4.33. The number of Topliss-reactive ketones (excluding diaryl/α,β-unsaturated/α-hetero) is 1. The van der Waals surface area contributed by atoms with Crippen molar-refractivity contribution in [2.45, 2.75) is 19.3 Å². The molecule has 7 heteroatoms. The summed E-state index contributed by atoms with van der Waals surface area (Å²) in [5.74, 6) is -2.15. The largest absolute Gasteiger partial charge is 0.454 e. The SMILES string of the molecule is Cc1cc(C(F)(F)F)ccc1C(=O)C(F)(F)F. The zero-order valence-corrected chi connectivity index (χ0v) is 8.41. The van der Waals surface area contributed by atoms with Gasteiger partial charge in [-0.1, -0.05) is 6.07 Å². The van der Waals surface area contributed by atoms with E-state index in [0.717, 1.165) is 6.92 Å². The molecule has 0 atom stereocenters. The van der Waals surface area contributed by atoms with Gasteiger partial charge in [0.2, 0.25) is 0 Å². The van der Waals surface area contributed by atoms with E-state index in [9.17, 15) is 31.1 Å². The Morgan fingerprint density at radius 3 is 1.94 bits per heavy atom. The molecule has 0 saturated heterocycles. The number of carbonyl (C=O) groups excluding carboxylic acids is 1. The fraction of sp³-hybridized carbons (Fsp3) is 0.300. The summed E-state index contributed by atoms with van der Waals surface area (Å²) in [5.41, 5.74) is -2.22. The van der Waals surface area contributed by atoms with Gasteiger partial charge in [-0.25, -0.2) is 0 Å². The Balaban J connectivity index is 3.20. The highest BCUT2D eigenvalue weighted by Crippen LogP contribution is 2.31. The van der Waals surface area contributed by atoms with Crippen LogP contribution in [0.5, 0.6) is 0 Å². The van der Waals surface area contributed by atoms with E-state index in [0.29, 0.717) is 18.2 Å². The summed E-state index contributed by atoms with van der Waals surface area (Å²) in [6.45, 7) is 1.02. The van der Waals surface area contributed by atoms with Gasteiger partial charge in [0.05, 0.1) is 5.56 Å². The van der Waals surface area contributed by atoms with Crippen LogP contribution in [0.25, 0.3) is 0 Å². The molecule has 0 aromatic heterocycles. The fourth-order valence-corrected chi connectivity index (χ4v) is 1.25. The van der Waals surface area contributed by atoms with Gasteiger partial charge < -0.3 is 0 Å². The molecular weight excluding hydrogens is 250 g/mol. The monoisotopic (exact) mass is 256 g/mol. The molecule has 0 heterocycles. The Morgan fingerprint density at radius 2 is 1.59 bits per heavy atom. The van der Waals surface area contributed by atoms with Gasteiger partial charge >= 0.3 is 12.4 Å². The zero-order chi connectivity index (χ0) is 13.4. The molecule has 1 aromatic rings. The van der Waals surface area contributed by atoms with E-state index in [1.807, 2.05) is 0 Å². The minimum atomic E-state index is -5.09. The van der Waals surface area contributed by atoms with E-state index in [4.69, 9.17) is 0 Å². The summed E-state index contributed by atoms with van der Waals surface area (Å²) in [4.78, 5) is 10.8. The van der Waals surface area contributed by atoms with Crippen LogP contribution in [0.2, 0.25) is 0 Å². The van der Waals surface area contributed by atoms with Crippen LogP contribution in [0.1, 0.15) is 21.5 Å². The highest BCUT2D eigenvalue weighted by Gasteiger charge is 2.40. The van der Waals surface area contributed by atoms with Crippen LogP contribution in [0.4, 0.5) is 26.3 Å². The number of hydrogen-bond donors (Lipinski definition) is 0. The number of aryl methyl sites for hydroxylation is 1. The lowest BCUT2D eigenvalue weighted by Crippen LogP contribution is -2.23. The molecule has 1 nitrogen and oxygen atoms in total. The van der Waals surface area contributed by atoms with Crippen molar-refractivity contribution in [3.63, 3.8) is 0 Å². The normalized spacial score (nSPS) is 12.6. The molecule has 0 N–H and O–H groups in total. The van der Waals surface area contributed by atoms with E-state index < -0.39 is 29.3 Å². The van der Waals surface area contributed by atoms with Gasteiger partial charge in [0.1, 0.15) is 0 Å². The number of carbonyl (C=O) groups is 1. The van der Waals surface area contributed by atoms with E-state index in [2.05, 4.69) is 0 Å². The average Bonchev–Trinajstić information content (AvgIpc) is 2.13. The maximum Gasteiger partial charge on any atom is 0.454 e. The molecule has 0 amide bonds. The predicted octanol–water partition coefficient (Wildman–Crippen LogP) is 3.76. The van der Waals surface area contributed by atoms with Crippen molar-refractivity contribution in [3.05, 3.63) is 34.9 Å². The van der Waals surface area contributed by atoms with Crippen LogP contribution in [0.3, 0.4) is 0 Å². The highest BCUT2D eigenvalue weighted by molar-refractivity contribution is 6.01. The second kappa shape index (κ2) is 4.05. The first kappa shape index (κ1) is 13.5. The molecule has 1 aromatic carbocycles. The Kier molecular flexibility index (Phi) is 3.22. The Hall–Kier alpha value is -1.53. The molecular formula is C10H6F6O. The van der Waals surface area contributed by atoms with E-state index in [1.165, 1.54) is 0 Å². The highest BCUT2D eigenvalue weighted by atomic mass is 19.4. The summed E-state index contributed by atoms with van der Waals surface area (Å²) in [6.07, 6.45) is -9.74. The molecule has 0 radical (unpaired) electrons. The third-order valence-corrected chi connectivity index (χ3v) is 2.06. The van der Waals surface area contributed by atoms with Crippen LogP contribution >= 0.6 is 0 Å². The maximum absolute atomic E-state index is 12.2. The van der Waals surface area contributed by atoms with Crippen molar-refractivity contribution in [2.75, 3.05) is 0 Å². The minimum Gasteiger partial charge on any atom is -0.284 e. The number of alkyl halides is 6. The van der Waals surface area contributed by atoms with Crippen molar-refractivity contribution in [1.29, 1.82) is 0 Å². The molecule has 0 spiro atoms. The molecule has 0 saturated carbocycles. The first-order valence-corrected chi connectivity index (χ1v) is 4.33. The third-order valence-electron chi connectivity index (χ3n) is 2.06. The number of halogens is 6. The lowest BCUT2D eigenvalue weighted by Gasteiger charge is -2.11. The van der Waals surface area contributed by atoms with E-state index in [1.54, 1.807) is 0 Å². The molecule has 0 unspecified atom stereocenters. The summed E-state index contributed by atoms with van der Waals surface area (Å²) in [7, 11) is 0. The van der Waals surface area contributed by atoms with Gasteiger partial charge in [0, 0.05) is 5.56 Å². The van der Waals surface area contributed by atoms with Crippen LogP contribution < -0.4 is 0 Å². The lowest BCUT2D eigenvalue weighted by molar-refractivity contribution is -0.137. The molecule has 0 aliphatic rings. The predicted molar refractivity (Wildman–Crippen MR) is 46.6 cm³/mol. The second-order valence-electron chi connectivity index (χ2n) is 3.35. The topological polar surface area (TPSA) is 17.1 Å². The Morgan fingerprint density at radius 1 is 1.06 bits per heavy atom. The van der Waals surface area contributed by atoms with Gasteiger partial charge in [0.15, 0.2) is 0 Å². The van der Waals surface area contributed by atoms with Crippen LogP contribution in [-0.4, -0.2) is 12.0 Å². The van der Waals surface area contributed by atoms with Gasteiger partial charge in [-0.05, 0) is 24.6 Å². The van der Waals surface area contributed by atoms with Crippen LogP contribution in [-0.2, 0) is 6.18 Å². The van der Waals surface area contributed by atoms with Crippen molar-refractivity contribution in [3.8, 4) is 0 Å². The number of benzene rings is 1. The van der Waals surface area contributed by atoms with Gasteiger partial charge in [0.25, 0.3) is 5.78 Å². The second-order valence-corrected chi connectivity index (χ2v) is 3.35. The molecule has 17 heavy (non-hydrogen) atoms. The average molecular weight is 256 g/mol. The molecule has 1 rings (SSSR count). The minimum absolute atomic E-state index is 0.359. The van der Waals surface area contributed by atoms with Crippen molar-refractivity contribution in [1.82, 2.24) is 0 Å². The lowest BCUT2D eigenvalue weighted by atomic mass is 10.0. The van der Waals surface area contributed by atoms with Gasteiger partial charge in [-0.3, -0.25) is 4.79 Å². The van der Waals surface area contributed by atoms with Crippen LogP contribution in [0.15, 0.2) is 18.2 Å². The van der Waals surface area contributed by atoms with E-state index >= 15 is 0 Å². The first-order chi connectivity index (χ1) is 7.53. The fourth-order valence-electron chi connectivity index (χ4n) is 1.25. The van der Waals surface area contributed by atoms with E-state index in [-0.39, 0.29) is 5.56 Å². The Labute approximate surface area is 92.0 Å². The van der Waals surface area contributed by atoms with Crippen molar-refractivity contribution in [2.24, 2.45) is 0 Å².